The molecule has 0 saturated carbocycles. The highest BCUT2D eigenvalue weighted by molar-refractivity contribution is 7.17. The maximum absolute atomic E-state index is 13.2. The van der Waals surface area contributed by atoms with Gasteiger partial charge >= 0.3 is 11.9 Å². The predicted octanol–water partition coefficient (Wildman–Crippen LogP) is 5.46. The van der Waals surface area contributed by atoms with E-state index in [1.807, 2.05) is 30.6 Å². The Labute approximate surface area is 218 Å². The minimum absolute atomic E-state index is 0.0948. The number of hydrogen-bond donors (Lipinski definition) is 2. The van der Waals surface area contributed by atoms with E-state index in [1.165, 1.54) is 29.5 Å². The number of carboxylic acids is 1. The molecule has 8 nitrogen and oxygen atoms in total. The lowest BCUT2D eigenvalue weighted by molar-refractivity contribution is -0.112. The van der Waals surface area contributed by atoms with Crippen molar-refractivity contribution in [1.29, 1.82) is 5.26 Å². The molecule has 37 heavy (non-hydrogen) atoms. The van der Waals surface area contributed by atoms with Crippen LogP contribution in [0.5, 0.6) is 0 Å². The second-order valence-electron chi connectivity index (χ2n) is 8.77. The van der Waals surface area contributed by atoms with Gasteiger partial charge in [0.2, 0.25) is 0 Å². The molecule has 2 N–H and O–H groups in total. The van der Waals surface area contributed by atoms with Crippen molar-refractivity contribution in [3.8, 4) is 11.8 Å². The van der Waals surface area contributed by atoms with Gasteiger partial charge in [0.25, 0.3) is 5.91 Å². The van der Waals surface area contributed by atoms with Crippen molar-refractivity contribution in [3.63, 3.8) is 0 Å². The molecule has 0 saturated heterocycles. The number of rotatable bonds is 7. The number of esters is 1. The molecule has 1 aliphatic rings. The van der Waals surface area contributed by atoms with Crippen LogP contribution in [0.25, 0.3) is 11.8 Å². The first kappa shape index (κ1) is 25.9. The summed E-state index contributed by atoms with van der Waals surface area (Å²) >= 11 is 1.37. The highest BCUT2D eigenvalue weighted by Crippen LogP contribution is 2.39. The van der Waals surface area contributed by atoms with Crippen LogP contribution in [0.1, 0.15) is 67.9 Å². The molecule has 1 aromatic carbocycles. The predicted molar refractivity (Wildman–Crippen MR) is 141 cm³/mol. The normalized spacial score (nSPS) is 13.0. The summed E-state index contributed by atoms with van der Waals surface area (Å²) in [7, 11) is 0. The highest BCUT2D eigenvalue weighted by atomic mass is 32.1. The number of aryl methyl sites for hydroxylation is 2. The molecule has 0 fully saturated rings. The lowest BCUT2D eigenvalue weighted by atomic mass is 9.95. The molecular weight excluding hydrogens is 490 g/mol. The Kier molecular flexibility index (Phi) is 7.60. The fourth-order valence-electron chi connectivity index (χ4n) is 4.63. The number of nitrogens with zero attached hydrogens (tertiary/aromatic N) is 2. The van der Waals surface area contributed by atoms with E-state index in [0.717, 1.165) is 53.2 Å². The summed E-state index contributed by atoms with van der Waals surface area (Å²) in [6.45, 7) is 5.73. The van der Waals surface area contributed by atoms with E-state index in [9.17, 15) is 19.6 Å². The number of anilines is 1. The highest BCUT2D eigenvalue weighted by Gasteiger charge is 2.28. The van der Waals surface area contributed by atoms with Crippen LogP contribution in [0.2, 0.25) is 0 Å². The fraction of sp³-hybridized carbons (Fsp3) is 0.286. The molecule has 9 heteroatoms. The number of thiophene rings is 1. The van der Waals surface area contributed by atoms with Crippen LogP contribution >= 0.6 is 11.3 Å². The number of fused-ring (bicyclic) bond motifs is 1. The molecule has 1 amide bonds. The van der Waals surface area contributed by atoms with Crippen molar-refractivity contribution in [2.24, 2.45) is 0 Å². The molecule has 4 rings (SSSR count). The van der Waals surface area contributed by atoms with Gasteiger partial charge in [-0.2, -0.15) is 5.26 Å². The summed E-state index contributed by atoms with van der Waals surface area (Å²) in [5.41, 5.74) is 4.53. The zero-order valence-corrected chi connectivity index (χ0v) is 21.7. The Bertz CT molecular complexity index is 1450. The van der Waals surface area contributed by atoms with Gasteiger partial charge in [0.05, 0.1) is 17.7 Å². The van der Waals surface area contributed by atoms with Crippen molar-refractivity contribution < 1.29 is 24.2 Å². The van der Waals surface area contributed by atoms with Gasteiger partial charge in [-0.1, -0.05) is 0 Å². The number of aromatic carboxylic acids is 1. The summed E-state index contributed by atoms with van der Waals surface area (Å²) in [6.07, 6.45) is 5.14. The summed E-state index contributed by atoms with van der Waals surface area (Å²) in [4.78, 5) is 38.1. The van der Waals surface area contributed by atoms with Crippen LogP contribution in [-0.2, 0) is 22.4 Å². The van der Waals surface area contributed by atoms with Gasteiger partial charge in [0, 0.05) is 22.0 Å². The minimum atomic E-state index is -1.00. The average Bonchev–Trinajstić information content (AvgIpc) is 3.38. The van der Waals surface area contributed by atoms with E-state index in [1.54, 1.807) is 19.1 Å². The second-order valence-corrected chi connectivity index (χ2v) is 9.88. The van der Waals surface area contributed by atoms with Crippen molar-refractivity contribution in [1.82, 2.24) is 4.57 Å². The minimum Gasteiger partial charge on any atom is -0.478 e. The van der Waals surface area contributed by atoms with E-state index >= 15 is 0 Å². The molecule has 0 atom stereocenters. The maximum atomic E-state index is 13.2. The third kappa shape index (κ3) is 5.20. The molecule has 0 bridgehead atoms. The van der Waals surface area contributed by atoms with Gasteiger partial charge in [-0.15, -0.1) is 11.3 Å². The van der Waals surface area contributed by atoms with Crippen LogP contribution < -0.4 is 5.32 Å². The summed E-state index contributed by atoms with van der Waals surface area (Å²) in [5, 5.41) is 22.2. The number of amides is 1. The van der Waals surface area contributed by atoms with E-state index in [-0.39, 0.29) is 17.7 Å². The van der Waals surface area contributed by atoms with Gasteiger partial charge in [0.1, 0.15) is 16.6 Å². The van der Waals surface area contributed by atoms with Crippen molar-refractivity contribution >= 4 is 40.3 Å². The molecule has 0 aliphatic heterocycles. The monoisotopic (exact) mass is 517 g/mol. The molecular formula is C28H27N3O5S. The quantitative estimate of drug-likeness (QED) is 0.244. The second kappa shape index (κ2) is 10.8. The Balaban J connectivity index is 1.65. The number of benzene rings is 1. The van der Waals surface area contributed by atoms with E-state index < -0.39 is 17.8 Å². The molecule has 1 aliphatic carbocycles. The van der Waals surface area contributed by atoms with Gasteiger partial charge in [0.15, 0.2) is 0 Å². The average molecular weight is 518 g/mol. The molecule has 0 spiro atoms. The third-order valence-corrected chi connectivity index (χ3v) is 7.59. The summed E-state index contributed by atoms with van der Waals surface area (Å²) < 4.78 is 7.18. The van der Waals surface area contributed by atoms with Crippen molar-refractivity contribution in [3.05, 3.63) is 74.4 Å². The largest absolute Gasteiger partial charge is 0.478 e. The maximum Gasteiger partial charge on any atom is 0.341 e. The van der Waals surface area contributed by atoms with Crippen LogP contribution in [0.4, 0.5) is 5.00 Å². The van der Waals surface area contributed by atoms with E-state index in [0.29, 0.717) is 16.1 Å². The van der Waals surface area contributed by atoms with E-state index in [2.05, 4.69) is 5.32 Å². The van der Waals surface area contributed by atoms with Crippen LogP contribution in [0.3, 0.4) is 0 Å². The first-order chi connectivity index (χ1) is 17.7. The Morgan fingerprint density at radius 1 is 1.19 bits per heavy atom. The molecule has 3 aromatic rings. The zero-order valence-electron chi connectivity index (χ0n) is 20.9. The Morgan fingerprint density at radius 2 is 1.89 bits per heavy atom. The van der Waals surface area contributed by atoms with Crippen molar-refractivity contribution in [2.45, 2.75) is 46.5 Å². The first-order valence-electron chi connectivity index (χ1n) is 12.0. The van der Waals surface area contributed by atoms with Crippen LogP contribution in [-0.4, -0.2) is 34.1 Å². The third-order valence-electron chi connectivity index (χ3n) is 6.39. The number of carboxylic acid groups (broad SMARTS) is 1. The van der Waals surface area contributed by atoms with E-state index in [4.69, 9.17) is 9.84 Å². The number of carbonyl (C=O) groups is 3. The lowest BCUT2D eigenvalue weighted by Crippen LogP contribution is -2.16. The van der Waals surface area contributed by atoms with Gasteiger partial charge in [-0.25, -0.2) is 9.59 Å². The van der Waals surface area contributed by atoms with Gasteiger partial charge < -0.3 is 19.7 Å². The number of hydrogen-bond acceptors (Lipinski definition) is 6. The summed E-state index contributed by atoms with van der Waals surface area (Å²) in [5.74, 6) is -2.06. The number of ether oxygens (including phenoxy) is 1. The SMILES string of the molecule is CCOC(=O)c1c(NC(=O)/C(C#N)=C/c2cc(C)n(-c3ccc(C(=O)O)cc3)c2C)sc2c1CCCC2. The first-order valence-corrected chi connectivity index (χ1v) is 12.8. The molecule has 2 aromatic heterocycles. The molecule has 0 unspecified atom stereocenters. The smallest absolute Gasteiger partial charge is 0.341 e. The van der Waals surface area contributed by atoms with Crippen molar-refractivity contribution in [2.75, 3.05) is 11.9 Å². The topological polar surface area (TPSA) is 121 Å². The Morgan fingerprint density at radius 3 is 2.54 bits per heavy atom. The molecule has 0 radical (unpaired) electrons. The zero-order chi connectivity index (χ0) is 26.7. The Hall–Kier alpha value is -4.16. The number of nitriles is 1. The van der Waals surface area contributed by atoms with Gasteiger partial charge in [-0.05, 0) is 94.0 Å². The van der Waals surface area contributed by atoms with Crippen LogP contribution in [0, 0.1) is 25.2 Å². The van der Waals surface area contributed by atoms with Gasteiger partial charge in [-0.3, -0.25) is 4.79 Å². The van der Waals surface area contributed by atoms with Crippen LogP contribution in [0.15, 0.2) is 35.9 Å². The molecule has 2 heterocycles. The standard InChI is InChI=1S/C28H27N3O5S/c1-4-36-28(35)24-22-7-5-6-8-23(22)37-26(24)30-25(32)20(15-29)14-19-13-16(2)31(17(19)3)21-11-9-18(10-12-21)27(33)34/h9-14H,4-8H2,1-3H3,(H,30,32)(H,33,34)/b20-14+. The lowest BCUT2D eigenvalue weighted by Gasteiger charge is -2.12. The fourth-order valence-corrected chi connectivity index (χ4v) is 5.90. The number of nitrogens with one attached hydrogen (secondary N) is 1. The molecule has 190 valence electrons. The number of carbonyl (C=O) groups excluding carboxylic acids is 2. The summed E-state index contributed by atoms with van der Waals surface area (Å²) in [6, 6.07) is 10.3. The number of aromatic nitrogens is 1.